The third kappa shape index (κ3) is 3.62. The second-order valence-corrected chi connectivity index (χ2v) is 9.93. The Balaban J connectivity index is 1.56. The highest BCUT2D eigenvalue weighted by molar-refractivity contribution is 9.10. The Morgan fingerprint density at radius 1 is 1.12 bits per heavy atom. The number of hydrogen-bond acceptors (Lipinski definition) is 3. The molecule has 5 rings (SSSR count). The number of rotatable bonds is 4. The first-order chi connectivity index (χ1) is 15.5. The molecule has 1 fully saturated rings. The molecule has 1 aliphatic heterocycles. The highest BCUT2D eigenvalue weighted by Crippen LogP contribution is 2.33. The van der Waals surface area contributed by atoms with Crippen LogP contribution in [-0.4, -0.2) is 37.8 Å². The molecule has 0 saturated heterocycles. The lowest BCUT2D eigenvalue weighted by atomic mass is 9.91. The zero-order valence-electron chi connectivity index (χ0n) is 18.2. The number of nitrogens with one attached hydrogen (secondary N) is 1. The third-order valence-corrected chi connectivity index (χ3v) is 7.64. The zero-order chi connectivity index (χ0) is 22.3. The molecule has 0 spiro atoms. The molecule has 3 aromatic rings. The molecular weight excluding hydrogens is 468 g/mol. The molecule has 1 N–H and O–H groups in total. The van der Waals surface area contributed by atoms with Gasteiger partial charge in [0.05, 0.1) is 17.6 Å². The summed E-state index contributed by atoms with van der Waals surface area (Å²) in [5, 5.41) is 3.27. The van der Waals surface area contributed by atoms with Crippen LogP contribution < -0.4 is 5.32 Å². The fraction of sp³-hybridized carbons (Fsp3) is 0.400. The van der Waals surface area contributed by atoms with E-state index in [2.05, 4.69) is 26.2 Å². The molecule has 1 unspecified atom stereocenters. The Kier molecular flexibility index (Phi) is 5.53. The Labute approximate surface area is 196 Å². The topological polar surface area (TPSA) is 67.2 Å². The third-order valence-electron chi connectivity index (χ3n) is 6.87. The van der Waals surface area contributed by atoms with Crippen LogP contribution in [0, 0.1) is 0 Å². The molecule has 1 atom stereocenters. The highest BCUT2D eigenvalue weighted by Gasteiger charge is 2.49. The number of benzene rings is 2. The van der Waals surface area contributed by atoms with Crippen LogP contribution in [0.4, 0.5) is 0 Å². The molecular formula is C25H27BrN4O2. The number of carbonyl (C=O) groups is 2. The fourth-order valence-corrected chi connectivity index (χ4v) is 5.37. The maximum atomic E-state index is 13.8. The zero-order valence-corrected chi connectivity index (χ0v) is 19.8. The first-order valence-electron chi connectivity index (χ1n) is 11.3. The Morgan fingerprint density at radius 2 is 1.84 bits per heavy atom. The summed E-state index contributed by atoms with van der Waals surface area (Å²) in [4.78, 5) is 33.8. The Bertz CT molecular complexity index is 1180. The van der Waals surface area contributed by atoms with Crippen molar-refractivity contribution < 1.29 is 9.59 Å². The predicted octanol–water partition coefficient (Wildman–Crippen LogP) is 4.66. The van der Waals surface area contributed by atoms with Gasteiger partial charge in [0.15, 0.2) is 5.82 Å². The van der Waals surface area contributed by atoms with Crippen molar-refractivity contribution >= 4 is 38.8 Å². The van der Waals surface area contributed by atoms with E-state index < -0.39 is 5.54 Å². The SMILES string of the molecule is CC1(C(=O)NC2CCCCC2)Cn2c(nc3ccccc32)C(=O)N1Cc1ccccc1Br. The molecule has 32 heavy (non-hydrogen) atoms. The van der Waals surface area contributed by atoms with Crippen LogP contribution in [0.1, 0.15) is 55.2 Å². The van der Waals surface area contributed by atoms with Gasteiger partial charge in [0.2, 0.25) is 5.91 Å². The molecule has 2 aliphatic rings. The molecule has 1 aromatic heterocycles. The Hall–Kier alpha value is -2.67. The van der Waals surface area contributed by atoms with Crippen molar-refractivity contribution in [2.45, 2.75) is 63.7 Å². The van der Waals surface area contributed by atoms with Crippen LogP contribution in [-0.2, 0) is 17.9 Å². The maximum absolute atomic E-state index is 13.8. The minimum atomic E-state index is -1.03. The van der Waals surface area contributed by atoms with Gasteiger partial charge in [-0.1, -0.05) is 65.5 Å². The summed E-state index contributed by atoms with van der Waals surface area (Å²) in [6.07, 6.45) is 5.49. The van der Waals surface area contributed by atoms with Crippen molar-refractivity contribution in [3.8, 4) is 0 Å². The summed E-state index contributed by atoms with van der Waals surface area (Å²) >= 11 is 3.60. The number of nitrogens with zero attached hydrogens (tertiary/aromatic N) is 3. The van der Waals surface area contributed by atoms with Gasteiger partial charge in [-0.15, -0.1) is 0 Å². The largest absolute Gasteiger partial charge is 0.351 e. The average molecular weight is 495 g/mol. The molecule has 6 nitrogen and oxygen atoms in total. The first kappa shape index (κ1) is 21.2. The van der Waals surface area contributed by atoms with E-state index in [1.54, 1.807) is 4.90 Å². The van der Waals surface area contributed by atoms with Gasteiger partial charge in [0.1, 0.15) is 5.54 Å². The molecule has 2 amide bonds. The predicted molar refractivity (Wildman–Crippen MR) is 127 cm³/mol. The molecule has 0 radical (unpaired) electrons. The van der Waals surface area contributed by atoms with Gasteiger partial charge in [-0.25, -0.2) is 4.98 Å². The van der Waals surface area contributed by atoms with Crippen LogP contribution in [0.2, 0.25) is 0 Å². The number of aromatic nitrogens is 2. The summed E-state index contributed by atoms with van der Waals surface area (Å²) in [6, 6.07) is 15.7. The van der Waals surface area contributed by atoms with Crippen LogP contribution in [0.3, 0.4) is 0 Å². The van der Waals surface area contributed by atoms with Crippen molar-refractivity contribution in [3.05, 3.63) is 64.4 Å². The van der Waals surface area contributed by atoms with E-state index in [9.17, 15) is 9.59 Å². The summed E-state index contributed by atoms with van der Waals surface area (Å²) in [6.45, 7) is 2.59. The first-order valence-corrected chi connectivity index (χ1v) is 12.1. The molecule has 2 heterocycles. The molecule has 1 aliphatic carbocycles. The van der Waals surface area contributed by atoms with E-state index in [0.717, 1.165) is 46.8 Å². The number of hydrogen-bond donors (Lipinski definition) is 1. The van der Waals surface area contributed by atoms with E-state index in [0.29, 0.717) is 18.9 Å². The van der Waals surface area contributed by atoms with Crippen LogP contribution in [0.5, 0.6) is 0 Å². The normalized spacial score (nSPS) is 21.6. The average Bonchev–Trinajstić information content (AvgIpc) is 3.17. The lowest BCUT2D eigenvalue weighted by Gasteiger charge is -2.44. The van der Waals surface area contributed by atoms with Gasteiger partial charge in [-0.05, 0) is 43.5 Å². The van der Waals surface area contributed by atoms with E-state index in [4.69, 9.17) is 0 Å². The number of carbonyl (C=O) groups excluding carboxylic acids is 2. The second kappa shape index (κ2) is 8.35. The lowest BCUT2D eigenvalue weighted by molar-refractivity contribution is -0.134. The van der Waals surface area contributed by atoms with Gasteiger partial charge in [-0.2, -0.15) is 0 Å². The van der Waals surface area contributed by atoms with Crippen molar-refractivity contribution in [3.63, 3.8) is 0 Å². The summed E-state index contributed by atoms with van der Waals surface area (Å²) in [5.74, 6) is 0.0823. The molecule has 7 heteroatoms. The number of amides is 2. The van der Waals surface area contributed by atoms with Gasteiger partial charge >= 0.3 is 0 Å². The number of para-hydroxylation sites is 2. The number of fused-ring (bicyclic) bond motifs is 3. The van der Waals surface area contributed by atoms with Gasteiger partial charge in [-0.3, -0.25) is 9.59 Å². The highest BCUT2D eigenvalue weighted by atomic mass is 79.9. The maximum Gasteiger partial charge on any atom is 0.291 e. The summed E-state index contributed by atoms with van der Waals surface area (Å²) in [5.41, 5.74) is 1.59. The standard InChI is InChI=1S/C25H27BrN4O2/c1-25(24(32)27-18-10-3-2-4-11-18)16-29-21-14-8-7-13-20(21)28-22(29)23(31)30(25)15-17-9-5-6-12-19(17)26/h5-9,12-14,18H,2-4,10-11,15-16H2,1H3,(H,27,32). The molecule has 1 saturated carbocycles. The van der Waals surface area contributed by atoms with Crippen molar-refractivity contribution in [1.82, 2.24) is 19.8 Å². The van der Waals surface area contributed by atoms with Crippen molar-refractivity contribution in [2.75, 3.05) is 0 Å². The number of imidazole rings is 1. The van der Waals surface area contributed by atoms with Gasteiger partial charge in [0, 0.05) is 17.1 Å². The minimum Gasteiger partial charge on any atom is -0.351 e. The van der Waals surface area contributed by atoms with Crippen LogP contribution in [0.25, 0.3) is 11.0 Å². The second-order valence-electron chi connectivity index (χ2n) is 9.08. The van der Waals surface area contributed by atoms with E-state index in [1.165, 1.54) is 6.42 Å². The Morgan fingerprint density at radius 3 is 2.62 bits per heavy atom. The van der Waals surface area contributed by atoms with Crippen molar-refractivity contribution in [1.29, 1.82) is 0 Å². The van der Waals surface area contributed by atoms with E-state index in [1.807, 2.05) is 60.0 Å². The summed E-state index contributed by atoms with van der Waals surface area (Å²) in [7, 11) is 0. The monoisotopic (exact) mass is 494 g/mol. The van der Waals surface area contributed by atoms with Crippen LogP contribution in [0.15, 0.2) is 53.0 Å². The van der Waals surface area contributed by atoms with Crippen molar-refractivity contribution in [2.24, 2.45) is 0 Å². The molecule has 0 bridgehead atoms. The quantitative estimate of drug-likeness (QED) is 0.573. The fourth-order valence-electron chi connectivity index (χ4n) is 4.96. The lowest BCUT2D eigenvalue weighted by Crippen LogP contribution is -2.64. The van der Waals surface area contributed by atoms with E-state index in [-0.39, 0.29) is 17.9 Å². The van der Waals surface area contributed by atoms with Gasteiger partial charge in [0.25, 0.3) is 5.91 Å². The smallest absolute Gasteiger partial charge is 0.291 e. The molecule has 166 valence electrons. The minimum absolute atomic E-state index is 0.0896. The van der Waals surface area contributed by atoms with Gasteiger partial charge < -0.3 is 14.8 Å². The van der Waals surface area contributed by atoms with E-state index >= 15 is 0 Å². The molecule has 2 aromatic carbocycles. The number of halogens is 1. The van der Waals surface area contributed by atoms with Crippen LogP contribution >= 0.6 is 15.9 Å². The summed E-state index contributed by atoms with van der Waals surface area (Å²) < 4.78 is 2.83.